The fourth-order valence-electron chi connectivity index (χ4n) is 3.44. The second-order valence-corrected chi connectivity index (χ2v) is 7.44. The smallest absolute Gasteiger partial charge is 0.246 e. The standard InChI is InChI=1S/C23H30F2N2O3/c1-16-13-17(6-11-21(16)25)15-26-12-4-3-5-19(23(28)27-29)14-22(30-2)18-7-9-20(24)10-8-18/h6-11,13,19,22,26,29H,3-5,12,14-15H2,1-2H3,(H,27,28). The number of rotatable bonds is 12. The van der Waals surface area contributed by atoms with Gasteiger partial charge in [-0.05, 0) is 67.6 Å². The SMILES string of the molecule is COC(CC(CCCCNCc1ccc(F)c(C)c1)C(=O)NO)c1ccc(F)cc1. The van der Waals surface area contributed by atoms with Crippen molar-refractivity contribution in [2.24, 2.45) is 5.92 Å². The van der Waals surface area contributed by atoms with Crippen LogP contribution in [0, 0.1) is 24.5 Å². The molecule has 2 rings (SSSR count). The van der Waals surface area contributed by atoms with Gasteiger partial charge in [-0.25, -0.2) is 14.3 Å². The molecule has 7 heteroatoms. The van der Waals surface area contributed by atoms with Crippen LogP contribution in [-0.2, 0) is 16.1 Å². The van der Waals surface area contributed by atoms with E-state index < -0.39 is 11.8 Å². The quantitative estimate of drug-likeness (QED) is 0.270. The van der Waals surface area contributed by atoms with E-state index in [0.29, 0.717) is 24.9 Å². The van der Waals surface area contributed by atoms with Crippen molar-refractivity contribution in [3.63, 3.8) is 0 Å². The molecule has 0 aliphatic carbocycles. The highest BCUT2D eigenvalue weighted by Crippen LogP contribution is 2.27. The van der Waals surface area contributed by atoms with E-state index in [1.165, 1.54) is 18.2 Å². The van der Waals surface area contributed by atoms with Gasteiger partial charge >= 0.3 is 0 Å². The number of hydroxylamine groups is 1. The molecule has 0 aromatic heterocycles. The van der Waals surface area contributed by atoms with Crippen LogP contribution in [0.3, 0.4) is 0 Å². The van der Waals surface area contributed by atoms with Gasteiger partial charge in [-0.3, -0.25) is 10.0 Å². The van der Waals surface area contributed by atoms with Crippen LogP contribution in [0.2, 0.25) is 0 Å². The minimum atomic E-state index is -0.450. The topological polar surface area (TPSA) is 70.6 Å². The Bertz CT molecular complexity index is 800. The number of halogens is 2. The summed E-state index contributed by atoms with van der Waals surface area (Å²) in [6.07, 6.45) is 2.24. The lowest BCUT2D eigenvalue weighted by molar-refractivity contribution is -0.135. The van der Waals surface area contributed by atoms with Gasteiger partial charge in [0.15, 0.2) is 0 Å². The van der Waals surface area contributed by atoms with E-state index in [4.69, 9.17) is 9.94 Å². The summed E-state index contributed by atoms with van der Waals surface area (Å²) >= 11 is 0. The number of benzene rings is 2. The molecule has 2 aromatic carbocycles. The van der Waals surface area contributed by atoms with Gasteiger partial charge in [-0.15, -0.1) is 0 Å². The maximum Gasteiger partial charge on any atom is 0.246 e. The maximum absolute atomic E-state index is 13.3. The Kier molecular flexibility index (Phi) is 9.86. The van der Waals surface area contributed by atoms with Crippen molar-refractivity contribution in [2.75, 3.05) is 13.7 Å². The molecule has 0 aliphatic heterocycles. The monoisotopic (exact) mass is 420 g/mol. The molecular weight excluding hydrogens is 390 g/mol. The lowest BCUT2D eigenvalue weighted by Crippen LogP contribution is -2.29. The first kappa shape index (κ1) is 23.9. The number of hydrogen-bond acceptors (Lipinski definition) is 4. The number of nitrogens with one attached hydrogen (secondary N) is 2. The summed E-state index contributed by atoms with van der Waals surface area (Å²) in [6, 6.07) is 11.0. The fraction of sp³-hybridized carbons (Fsp3) is 0.435. The summed E-state index contributed by atoms with van der Waals surface area (Å²) in [5.74, 6) is -1.41. The van der Waals surface area contributed by atoms with Gasteiger partial charge in [0.2, 0.25) is 5.91 Å². The van der Waals surface area contributed by atoms with Crippen LogP contribution < -0.4 is 10.8 Å². The molecule has 5 nitrogen and oxygen atoms in total. The van der Waals surface area contributed by atoms with Crippen LogP contribution in [0.25, 0.3) is 0 Å². The highest BCUT2D eigenvalue weighted by atomic mass is 19.1. The van der Waals surface area contributed by atoms with Crippen molar-refractivity contribution < 1.29 is 23.5 Å². The van der Waals surface area contributed by atoms with Gasteiger partial charge < -0.3 is 10.1 Å². The van der Waals surface area contributed by atoms with Gasteiger partial charge in [-0.1, -0.05) is 30.7 Å². The van der Waals surface area contributed by atoms with E-state index in [0.717, 1.165) is 30.5 Å². The summed E-state index contributed by atoms with van der Waals surface area (Å²) in [4.78, 5) is 12.1. The summed E-state index contributed by atoms with van der Waals surface area (Å²) in [6.45, 7) is 3.15. The van der Waals surface area contributed by atoms with Gasteiger partial charge in [0.25, 0.3) is 0 Å². The normalized spacial score (nSPS) is 13.1. The van der Waals surface area contributed by atoms with Crippen LogP contribution in [0.15, 0.2) is 42.5 Å². The highest BCUT2D eigenvalue weighted by Gasteiger charge is 2.23. The lowest BCUT2D eigenvalue weighted by Gasteiger charge is -2.22. The van der Waals surface area contributed by atoms with Crippen molar-refractivity contribution in [3.8, 4) is 0 Å². The molecule has 0 heterocycles. The van der Waals surface area contributed by atoms with Gasteiger partial charge in [-0.2, -0.15) is 0 Å². The van der Waals surface area contributed by atoms with E-state index in [-0.39, 0.29) is 17.7 Å². The molecular formula is C23H30F2N2O3. The molecule has 0 saturated heterocycles. The molecule has 30 heavy (non-hydrogen) atoms. The van der Waals surface area contributed by atoms with Crippen LogP contribution in [-0.4, -0.2) is 24.8 Å². The molecule has 0 radical (unpaired) electrons. The second kappa shape index (κ2) is 12.4. The fourth-order valence-corrected chi connectivity index (χ4v) is 3.44. The third-order valence-electron chi connectivity index (χ3n) is 5.21. The number of methoxy groups -OCH3 is 1. The first-order valence-corrected chi connectivity index (χ1v) is 10.1. The molecule has 0 aliphatic rings. The van der Waals surface area contributed by atoms with Crippen LogP contribution in [0.5, 0.6) is 0 Å². The number of unbranched alkanes of at least 4 members (excludes halogenated alkanes) is 1. The molecule has 0 bridgehead atoms. The molecule has 3 N–H and O–H groups in total. The van der Waals surface area contributed by atoms with E-state index in [9.17, 15) is 13.6 Å². The van der Waals surface area contributed by atoms with E-state index in [1.807, 2.05) is 6.07 Å². The zero-order valence-corrected chi connectivity index (χ0v) is 17.5. The van der Waals surface area contributed by atoms with Crippen LogP contribution in [0.1, 0.15) is 48.5 Å². The Balaban J connectivity index is 1.79. The third-order valence-corrected chi connectivity index (χ3v) is 5.21. The lowest BCUT2D eigenvalue weighted by atomic mass is 9.91. The molecule has 0 fully saturated rings. The molecule has 2 unspecified atom stereocenters. The molecule has 1 amide bonds. The van der Waals surface area contributed by atoms with Crippen LogP contribution in [0.4, 0.5) is 8.78 Å². The first-order chi connectivity index (χ1) is 14.4. The summed E-state index contributed by atoms with van der Waals surface area (Å²) in [7, 11) is 1.54. The van der Waals surface area contributed by atoms with Crippen molar-refractivity contribution in [3.05, 3.63) is 70.8 Å². The maximum atomic E-state index is 13.3. The Labute approximate surface area is 176 Å². The Morgan fingerprint density at radius 1 is 1.13 bits per heavy atom. The highest BCUT2D eigenvalue weighted by molar-refractivity contribution is 5.77. The number of carbonyl (C=O) groups is 1. The number of ether oxygens (including phenoxy) is 1. The first-order valence-electron chi connectivity index (χ1n) is 10.1. The largest absolute Gasteiger partial charge is 0.377 e. The van der Waals surface area contributed by atoms with Crippen molar-refractivity contribution in [2.45, 2.75) is 45.3 Å². The van der Waals surface area contributed by atoms with Crippen LogP contribution >= 0.6 is 0 Å². The Hall–Kier alpha value is -2.35. The van der Waals surface area contributed by atoms with E-state index in [1.54, 1.807) is 37.7 Å². The van der Waals surface area contributed by atoms with Gasteiger partial charge in [0.1, 0.15) is 11.6 Å². The predicted molar refractivity (Wildman–Crippen MR) is 111 cm³/mol. The summed E-state index contributed by atoms with van der Waals surface area (Å²) < 4.78 is 31.9. The molecule has 0 saturated carbocycles. The third kappa shape index (κ3) is 7.48. The molecule has 164 valence electrons. The Morgan fingerprint density at radius 3 is 2.50 bits per heavy atom. The zero-order valence-electron chi connectivity index (χ0n) is 17.5. The van der Waals surface area contributed by atoms with E-state index >= 15 is 0 Å². The predicted octanol–water partition coefficient (Wildman–Crippen LogP) is 4.43. The Morgan fingerprint density at radius 2 is 1.87 bits per heavy atom. The number of amides is 1. The average molecular weight is 421 g/mol. The summed E-state index contributed by atoms with van der Waals surface area (Å²) in [5.41, 5.74) is 4.17. The molecule has 2 aromatic rings. The second-order valence-electron chi connectivity index (χ2n) is 7.44. The number of carbonyl (C=O) groups excluding carboxylic acids is 1. The van der Waals surface area contributed by atoms with Gasteiger partial charge in [0.05, 0.1) is 6.10 Å². The molecule has 0 spiro atoms. The number of hydrogen-bond donors (Lipinski definition) is 3. The van der Waals surface area contributed by atoms with Crippen molar-refractivity contribution in [1.29, 1.82) is 0 Å². The summed E-state index contributed by atoms with van der Waals surface area (Å²) in [5, 5.41) is 12.4. The van der Waals surface area contributed by atoms with Crippen molar-refractivity contribution >= 4 is 5.91 Å². The average Bonchev–Trinajstić information content (AvgIpc) is 2.75. The van der Waals surface area contributed by atoms with Crippen molar-refractivity contribution in [1.82, 2.24) is 10.8 Å². The minimum absolute atomic E-state index is 0.207. The van der Waals surface area contributed by atoms with Gasteiger partial charge in [0, 0.05) is 19.6 Å². The van der Waals surface area contributed by atoms with E-state index in [2.05, 4.69) is 5.32 Å². The molecule has 2 atom stereocenters. The number of aryl methyl sites for hydroxylation is 1. The minimum Gasteiger partial charge on any atom is -0.377 e. The zero-order chi connectivity index (χ0) is 21.9.